The van der Waals surface area contributed by atoms with Crippen molar-refractivity contribution in [1.29, 1.82) is 0 Å². The lowest BCUT2D eigenvalue weighted by atomic mass is 9.84. The fourth-order valence-electron chi connectivity index (χ4n) is 4.31. The highest BCUT2D eigenvalue weighted by Gasteiger charge is 2.34. The summed E-state index contributed by atoms with van der Waals surface area (Å²) in [4.78, 5) is 26.8. The van der Waals surface area contributed by atoms with Gasteiger partial charge in [-0.2, -0.15) is 0 Å². The number of esters is 1. The first-order valence-electron chi connectivity index (χ1n) is 10.8. The Morgan fingerprint density at radius 3 is 2.48 bits per heavy atom. The summed E-state index contributed by atoms with van der Waals surface area (Å²) >= 11 is 2.59. The van der Waals surface area contributed by atoms with E-state index >= 15 is 0 Å². The number of rotatable bonds is 7. The highest BCUT2D eigenvalue weighted by molar-refractivity contribution is 8.01. The first kappa shape index (κ1) is 22.3. The molecule has 29 heavy (non-hydrogen) atoms. The zero-order valence-corrected chi connectivity index (χ0v) is 19.0. The summed E-state index contributed by atoms with van der Waals surface area (Å²) in [5, 5.41) is 11.7. The number of carbonyl (C=O) groups excluding carboxylic acids is 2. The second-order valence-corrected chi connectivity index (χ2v) is 10.2. The molecule has 1 heterocycles. The molecule has 2 amide bonds. The summed E-state index contributed by atoms with van der Waals surface area (Å²) in [7, 11) is 0. The number of nitrogens with zero attached hydrogens (tertiary/aromatic N) is 3. The average Bonchev–Trinajstić information content (AvgIpc) is 3.16. The lowest BCUT2D eigenvalue weighted by Gasteiger charge is -2.42. The minimum absolute atomic E-state index is 0.0467. The Balaban J connectivity index is 1.61. The number of hydrogen-bond donors (Lipinski definition) is 1. The molecule has 2 saturated carbocycles. The van der Waals surface area contributed by atoms with Crippen LogP contribution in [0.5, 0.6) is 0 Å². The second kappa shape index (κ2) is 11.2. The molecule has 0 atom stereocenters. The van der Waals surface area contributed by atoms with E-state index in [1.165, 1.54) is 55.2 Å². The SMILES string of the molecule is CCOC(=O)CSc1nnc(NC(=O)N(C2CCCCC2)C2CCC(C)CC2)s1. The molecular weight excluding hydrogens is 408 g/mol. The van der Waals surface area contributed by atoms with Gasteiger partial charge >= 0.3 is 12.0 Å². The molecule has 2 aliphatic carbocycles. The van der Waals surface area contributed by atoms with Crippen LogP contribution in [-0.2, 0) is 9.53 Å². The molecule has 2 fully saturated rings. The molecular formula is C20H32N4O3S2. The van der Waals surface area contributed by atoms with Gasteiger partial charge in [0.15, 0.2) is 4.34 Å². The van der Waals surface area contributed by atoms with Crippen molar-refractivity contribution < 1.29 is 14.3 Å². The van der Waals surface area contributed by atoms with E-state index < -0.39 is 0 Å². The molecule has 1 aromatic rings. The van der Waals surface area contributed by atoms with Crippen LogP contribution in [0.15, 0.2) is 4.34 Å². The van der Waals surface area contributed by atoms with E-state index in [0.717, 1.165) is 31.6 Å². The highest BCUT2D eigenvalue weighted by atomic mass is 32.2. The number of carbonyl (C=O) groups is 2. The number of aromatic nitrogens is 2. The number of anilines is 1. The van der Waals surface area contributed by atoms with Gasteiger partial charge in [0.05, 0.1) is 12.4 Å². The monoisotopic (exact) mass is 440 g/mol. The molecule has 0 spiro atoms. The van der Waals surface area contributed by atoms with Crippen molar-refractivity contribution in [3.63, 3.8) is 0 Å². The van der Waals surface area contributed by atoms with Gasteiger partial charge in [0.1, 0.15) is 0 Å². The maximum absolute atomic E-state index is 13.2. The Labute approximate surface area is 181 Å². The summed E-state index contributed by atoms with van der Waals surface area (Å²) in [6.07, 6.45) is 10.4. The molecule has 1 N–H and O–H groups in total. The molecule has 0 saturated heterocycles. The van der Waals surface area contributed by atoms with Crippen molar-refractivity contribution in [2.75, 3.05) is 17.7 Å². The number of nitrogens with one attached hydrogen (secondary N) is 1. The Hall–Kier alpha value is -1.35. The quantitative estimate of drug-likeness (QED) is 0.367. The Kier molecular flexibility index (Phi) is 8.59. The van der Waals surface area contributed by atoms with Gasteiger partial charge < -0.3 is 9.64 Å². The van der Waals surface area contributed by atoms with E-state index in [-0.39, 0.29) is 17.8 Å². The largest absolute Gasteiger partial charge is 0.465 e. The highest BCUT2D eigenvalue weighted by Crippen LogP contribution is 2.33. The van der Waals surface area contributed by atoms with Crippen LogP contribution in [0.25, 0.3) is 0 Å². The topological polar surface area (TPSA) is 84.4 Å². The number of ether oxygens (including phenoxy) is 1. The van der Waals surface area contributed by atoms with E-state index in [1.807, 2.05) is 0 Å². The summed E-state index contributed by atoms with van der Waals surface area (Å²) in [5.74, 6) is 0.683. The van der Waals surface area contributed by atoms with Crippen LogP contribution in [0.4, 0.5) is 9.93 Å². The summed E-state index contributed by atoms with van der Waals surface area (Å²) in [6.45, 7) is 4.46. The van der Waals surface area contributed by atoms with Gasteiger partial charge in [0.2, 0.25) is 5.13 Å². The minimum atomic E-state index is -0.270. The van der Waals surface area contributed by atoms with Crippen LogP contribution < -0.4 is 5.32 Å². The number of thioether (sulfide) groups is 1. The maximum Gasteiger partial charge on any atom is 0.324 e. The minimum Gasteiger partial charge on any atom is -0.465 e. The maximum atomic E-state index is 13.2. The Morgan fingerprint density at radius 1 is 1.10 bits per heavy atom. The van der Waals surface area contributed by atoms with Crippen molar-refractivity contribution in [3.05, 3.63) is 0 Å². The van der Waals surface area contributed by atoms with Gasteiger partial charge in [-0.15, -0.1) is 10.2 Å². The van der Waals surface area contributed by atoms with E-state index in [2.05, 4.69) is 27.3 Å². The zero-order chi connectivity index (χ0) is 20.6. The lowest BCUT2D eigenvalue weighted by molar-refractivity contribution is -0.139. The van der Waals surface area contributed by atoms with Crippen molar-refractivity contribution in [1.82, 2.24) is 15.1 Å². The molecule has 0 aliphatic heterocycles. The third kappa shape index (κ3) is 6.57. The van der Waals surface area contributed by atoms with Crippen LogP contribution >= 0.6 is 23.1 Å². The first-order chi connectivity index (χ1) is 14.1. The van der Waals surface area contributed by atoms with E-state index in [4.69, 9.17) is 4.74 Å². The number of amides is 2. The van der Waals surface area contributed by atoms with Crippen LogP contribution in [-0.4, -0.2) is 51.5 Å². The standard InChI is InChI=1S/C20H32N4O3S2/c1-3-27-17(25)13-28-20-23-22-18(29-20)21-19(26)24(15-7-5-4-6-8-15)16-11-9-14(2)10-12-16/h14-16H,3-13H2,1-2H3,(H,21,22,26). The van der Waals surface area contributed by atoms with Crippen molar-refractivity contribution in [2.24, 2.45) is 5.92 Å². The lowest BCUT2D eigenvalue weighted by Crippen LogP contribution is -2.51. The fraction of sp³-hybridized carbons (Fsp3) is 0.800. The predicted molar refractivity (Wildman–Crippen MR) is 116 cm³/mol. The summed E-state index contributed by atoms with van der Waals surface area (Å²) in [5.41, 5.74) is 0. The van der Waals surface area contributed by atoms with Crippen LogP contribution in [0.1, 0.15) is 71.6 Å². The molecule has 7 nitrogen and oxygen atoms in total. The second-order valence-electron chi connectivity index (χ2n) is 8.01. The van der Waals surface area contributed by atoms with Gasteiger partial charge in [-0.1, -0.05) is 49.3 Å². The molecule has 1 aromatic heterocycles. The van der Waals surface area contributed by atoms with Crippen molar-refractivity contribution >= 4 is 40.2 Å². The van der Waals surface area contributed by atoms with Gasteiger partial charge in [0, 0.05) is 12.1 Å². The first-order valence-corrected chi connectivity index (χ1v) is 12.6. The molecule has 0 unspecified atom stereocenters. The fourth-order valence-corrected chi connectivity index (χ4v) is 5.85. The summed E-state index contributed by atoms with van der Waals surface area (Å²) in [6, 6.07) is 0.599. The van der Waals surface area contributed by atoms with Gasteiger partial charge in [-0.05, 0) is 51.4 Å². The van der Waals surface area contributed by atoms with Gasteiger partial charge in [-0.25, -0.2) is 4.79 Å². The summed E-state index contributed by atoms with van der Waals surface area (Å²) < 4.78 is 5.59. The average molecular weight is 441 g/mol. The number of urea groups is 1. The Bertz CT molecular complexity index is 670. The molecule has 162 valence electrons. The third-order valence-corrected chi connectivity index (χ3v) is 7.77. The molecule has 2 aliphatic rings. The smallest absolute Gasteiger partial charge is 0.324 e. The predicted octanol–water partition coefficient (Wildman–Crippen LogP) is 4.94. The Morgan fingerprint density at radius 2 is 1.79 bits per heavy atom. The third-order valence-electron chi connectivity index (χ3n) is 5.82. The van der Waals surface area contributed by atoms with E-state index in [1.54, 1.807) is 6.92 Å². The van der Waals surface area contributed by atoms with E-state index in [9.17, 15) is 9.59 Å². The molecule has 9 heteroatoms. The molecule has 3 rings (SSSR count). The van der Waals surface area contributed by atoms with Gasteiger partial charge in [-0.3, -0.25) is 10.1 Å². The van der Waals surface area contributed by atoms with E-state index in [0.29, 0.717) is 28.2 Å². The molecule has 0 aromatic carbocycles. The van der Waals surface area contributed by atoms with Gasteiger partial charge in [0.25, 0.3) is 0 Å². The van der Waals surface area contributed by atoms with Crippen LogP contribution in [0.3, 0.4) is 0 Å². The van der Waals surface area contributed by atoms with Crippen LogP contribution in [0, 0.1) is 5.92 Å². The van der Waals surface area contributed by atoms with Crippen molar-refractivity contribution in [3.8, 4) is 0 Å². The molecule has 0 radical (unpaired) electrons. The number of hydrogen-bond acceptors (Lipinski definition) is 7. The normalized spacial score (nSPS) is 22.8. The van der Waals surface area contributed by atoms with Crippen LogP contribution in [0.2, 0.25) is 0 Å². The molecule has 0 bridgehead atoms. The van der Waals surface area contributed by atoms with Crippen molar-refractivity contribution in [2.45, 2.75) is 88.1 Å². The zero-order valence-electron chi connectivity index (χ0n) is 17.4.